The van der Waals surface area contributed by atoms with Gasteiger partial charge in [-0.15, -0.1) is 0 Å². The van der Waals surface area contributed by atoms with Crippen LogP contribution in [0.3, 0.4) is 0 Å². The van der Waals surface area contributed by atoms with Gasteiger partial charge >= 0.3 is 297 Å². The predicted octanol–water partition coefficient (Wildman–Crippen LogP) is 7.71. The average molecular weight is 858 g/mol. The molecule has 3 atom stereocenters. The summed E-state index contributed by atoms with van der Waals surface area (Å²) in [6.07, 6.45) is 2.06. The first-order valence-electron chi connectivity index (χ1n) is 16.8. The van der Waals surface area contributed by atoms with Gasteiger partial charge < -0.3 is 0 Å². The molecule has 0 radical (unpaired) electrons. The molecule has 240 valence electrons. The fraction of sp³-hybridized carbons (Fsp3) is 0.385. The second kappa shape index (κ2) is 15.3. The monoisotopic (exact) mass is 858 g/mol. The van der Waals surface area contributed by atoms with E-state index < -0.39 is 40.0 Å². The van der Waals surface area contributed by atoms with Gasteiger partial charge in [-0.05, 0) is 0 Å². The molecule has 0 aromatic heterocycles. The minimum absolute atomic E-state index is 0.130. The second-order valence-corrected chi connectivity index (χ2v) is 30.8. The SMILES string of the molecule is CC(C)(C)[Si](OC[C@@H](O[Si](c1ccccc1)(c1ccccc1)C(C)(C)C)[C@H]([Hg][Cl])[C@@H]1CCCO1)(c1ccccc1)c1ccccc1. The van der Waals surface area contributed by atoms with Crippen LogP contribution in [0.1, 0.15) is 54.4 Å². The molecule has 5 rings (SSSR count). The number of hydrogen-bond acceptors (Lipinski definition) is 3. The molecule has 0 amide bonds. The summed E-state index contributed by atoms with van der Waals surface area (Å²) in [7, 11) is 1.48. The summed E-state index contributed by atoms with van der Waals surface area (Å²) in [6.45, 7) is 15.4. The Morgan fingerprint density at radius 2 is 1.07 bits per heavy atom. The van der Waals surface area contributed by atoms with Crippen LogP contribution >= 0.6 is 8.25 Å². The van der Waals surface area contributed by atoms with E-state index in [4.69, 9.17) is 21.8 Å². The zero-order chi connectivity index (χ0) is 32.8. The first-order valence-corrected chi connectivity index (χ1v) is 30.5. The van der Waals surface area contributed by atoms with E-state index in [1.54, 1.807) is 0 Å². The van der Waals surface area contributed by atoms with Gasteiger partial charge in [0.1, 0.15) is 0 Å². The van der Waals surface area contributed by atoms with Crippen LogP contribution in [0.5, 0.6) is 0 Å². The van der Waals surface area contributed by atoms with Gasteiger partial charge in [0.25, 0.3) is 0 Å². The van der Waals surface area contributed by atoms with E-state index in [1.807, 2.05) is 0 Å². The quantitative estimate of drug-likeness (QED) is 0.137. The molecule has 1 aliphatic heterocycles. The van der Waals surface area contributed by atoms with Crippen molar-refractivity contribution in [3.05, 3.63) is 121 Å². The fourth-order valence-corrected chi connectivity index (χ4v) is 24.9. The van der Waals surface area contributed by atoms with Gasteiger partial charge in [-0.2, -0.15) is 0 Å². The summed E-state index contributed by atoms with van der Waals surface area (Å²) in [5.74, 6) is 0. The Bertz CT molecular complexity index is 1410. The van der Waals surface area contributed by atoms with Crippen LogP contribution in [0.15, 0.2) is 121 Å². The van der Waals surface area contributed by atoms with Crippen LogP contribution in [0.4, 0.5) is 0 Å². The molecule has 0 N–H and O–H groups in total. The van der Waals surface area contributed by atoms with Gasteiger partial charge in [-0.25, -0.2) is 0 Å². The average Bonchev–Trinajstić information content (AvgIpc) is 3.59. The summed E-state index contributed by atoms with van der Waals surface area (Å²) in [6, 6.07) is 43.8. The van der Waals surface area contributed by atoms with Crippen LogP contribution in [-0.4, -0.2) is 42.1 Å². The van der Waals surface area contributed by atoms with Crippen molar-refractivity contribution in [2.24, 2.45) is 0 Å². The molecule has 3 nitrogen and oxygen atoms in total. The van der Waals surface area contributed by atoms with Gasteiger partial charge in [0.05, 0.1) is 0 Å². The fourth-order valence-electron chi connectivity index (χ4n) is 7.51. The van der Waals surface area contributed by atoms with Crippen molar-refractivity contribution in [1.82, 2.24) is 0 Å². The van der Waals surface area contributed by atoms with Crippen molar-refractivity contribution in [2.45, 2.75) is 80.1 Å². The van der Waals surface area contributed by atoms with Crippen LogP contribution in [0, 0.1) is 0 Å². The van der Waals surface area contributed by atoms with Gasteiger partial charge in [0.2, 0.25) is 0 Å². The third kappa shape index (κ3) is 7.22. The predicted molar refractivity (Wildman–Crippen MR) is 195 cm³/mol. The van der Waals surface area contributed by atoms with E-state index in [9.17, 15) is 0 Å². The molecular formula is C39H49ClHgO3Si2. The zero-order valence-electron chi connectivity index (χ0n) is 28.4. The molecular weight excluding hydrogens is 809 g/mol. The van der Waals surface area contributed by atoms with Crippen LogP contribution in [0.25, 0.3) is 0 Å². The Balaban J connectivity index is 1.69. The van der Waals surface area contributed by atoms with Crippen LogP contribution in [0.2, 0.25) is 13.5 Å². The number of rotatable bonds is 12. The first-order chi connectivity index (χ1) is 22.0. The van der Waals surface area contributed by atoms with Crippen molar-refractivity contribution < 1.29 is 36.9 Å². The van der Waals surface area contributed by atoms with E-state index in [1.165, 1.54) is 20.7 Å². The molecule has 1 saturated heterocycles. The normalized spacial score (nSPS) is 17.3. The summed E-state index contributed by atoms with van der Waals surface area (Å²) < 4.78 is 22.2. The minimum atomic E-state index is -2.89. The number of benzene rings is 4. The van der Waals surface area contributed by atoms with E-state index in [0.29, 0.717) is 6.61 Å². The number of halogens is 1. The molecule has 0 saturated carbocycles. The molecule has 4 aromatic rings. The Hall–Kier alpha value is -1.58. The second-order valence-electron chi connectivity index (χ2n) is 14.7. The topological polar surface area (TPSA) is 27.7 Å². The van der Waals surface area contributed by atoms with Crippen molar-refractivity contribution in [3.8, 4) is 0 Å². The van der Waals surface area contributed by atoms with Crippen LogP contribution in [-0.2, 0) is 36.9 Å². The van der Waals surface area contributed by atoms with Gasteiger partial charge in [-0.3, -0.25) is 0 Å². The summed E-state index contributed by atoms with van der Waals surface area (Å²) in [5.41, 5.74) is 0. The third-order valence-corrected chi connectivity index (χ3v) is 28.4. The van der Waals surface area contributed by atoms with Crippen molar-refractivity contribution in [1.29, 1.82) is 0 Å². The summed E-state index contributed by atoms with van der Waals surface area (Å²) in [4.78, 5) is 0. The summed E-state index contributed by atoms with van der Waals surface area (Å²) >= 11 is -1.97. The third-order valence-electron chi connectivity index (χ3n) is 9.72. The molecule has 0 bridgehead atoms. The molecule has 4 aromatic carbocycles. The zero-order valence-corrected chi connectivity index (χ0v) is 36.7. The van der Waals surface area contributed by atoms with Crippen LogP contribution < -0.4 is 20.7 Å². The molecule has 46 heavy (non-hydrogen) atoms. The van der Waals surface area contributed by atoms with Gasteiger partial charge in [0.15, 0.2) is 0 Å². The Labute approximate surface area is 295 Å². The van der Waals surface area contributed by atoms with Crippen molar-refractivity contribution in [3.63, 3.8) is 0 Å². The molecule has 0 spiro atoms. The van der Waals surface area contributed by atoms with E-state index in [2.05, 4.69) is 163 Å². The van der Waals surface area contributed by atoms with E-state index >= 15 is 0 Å². The standard InChI is InChI=1S/C39H49O3Si2.ClH.Hg/c1-38(2,3)43(34-21-11-7-12-22-34,35-23-13-8-14-24-35)41-31-33(30-32-20-19-29-40-32)42-44(39(4,5)6,36-25-15-9-16-26-36)37-27-17-10-18-28-37;;/h7-18,21-28,30,32-33H,19-20,29,31H2,1-6H3;1H;/q;;+1/p-1/t32-,33-;;/m0../s1. The Morgan fingerprint density at radius 1 is 0.674 bits per heavy atom. The summed E-state index contributed by atoms with van der Waals surface area (Å²) in [5, 5.41) is 4.82. The van der Waals surface area contributed by atoms with E-state index in [0.717, 1.165) is 19.4 Å². The first kappa shape index (κ1) is 35.7. The maximum absolute atomic E-state index is 7.95. The Kier molecular flexibility index (Phi) is 11.9. The molecule has 0 unspecified atom stereocenters. The van der Waals surface area contributed by atoms with Gasteiger partial charge in [0, 0.05) is 0 Å². The number of hydrogen-bond donors (Lipinski definition) is 0. The molecule has 1 heterocycles. The maximum atomic E-state index is 7.95. The van der Waals surface area contributed by atoms with Gasteiger partial charge in [-0.1, -0.05) is 0 Å². The molecule has 7 heteroatoms. The van der Waals surface area contributed by atoms with Crippen molar-refractivity contribution >= 4 is 45.6 Å². The molecule has 0 aliphatic carbocycles. The van der Waals surface area contributed by atoms with Crippen molar-refractivity contribution in [2.75, 3.05) is 13.2 Å². The molecule has 1 fully saturated rings. The molecule has 1 aliphatic rings. The van der Waals surface area contributed by atoms with E-state index in [-0.39, 0.29) is 25.7 Å². The Morgan fingerprint density at radius 3 is 1.39 bits per heavy atom. The number of ether oxygens (including phenoxy) is 1.